The normalized spacial score (nSPS) is 52.4. The molecular weight excluding hydrogens is 428 g/mol. The van der Waals surface area contributed by atoms with Gasteiger partial charge in [-0.05, 0) is 93.3 Å². The summed E-state index contributed by atoms with van der Waals surface area (Å²) >= 11 is 0. The molecule has 6 aliphatic rings. The van der Waals surface area contributed by atoms with Gasteiger partial charge >= 0.3 is 17.9 Å². The first-order valence-electron chi connectivity index (χ1n) is 14.0. The molecule has 0 aromatic rings. The van der Waals surface area contributed by atoms with E-state index < -0.39 is 11.9 Å². The third kappa shape index (κ3) is 3.42. The third-order valence-corrected chi connectivity index (χ3v) is 11.9. The van der Waals surface area contributed by atoms with Crippen LogP contribution in [-0.4, -0.2) is 23.5 Å². The topological polar surface area (TPSA) is 69.7 Å². The maximum atomic E-state index is 13.5. The Morgan fingerprint density at radius 1 is 0.912 bits per heavy atom. The van der Waals surface area contributed by atoms with Crippen molar-refractivity contribution in [1.82, 2.24) is 0 Å². The van der Waals surface area contributed by atoms with E-state index in [2.05, 4.69) is 32.4 Å². The lowest BCUT2D eigenvalue weighted by molar-refractivity contribution is -0.186. The molecule has 1 saturated heterocycles. The van der Waals surface area contributed by atoms with E-state index in [1.54, 1.807) is 13.8 Å². The van der Waals surface area contributed by atoms with Gasteiger partial charge in [-0.25, -0.2) is 0 Å². The minimum Gasteiger partial charge on any atom is -0.458 e. The Kier molecular flexibility index (Phi) is 5.96. The Bertz CT molecular complexity index is 847. The molecule has 0 N–H and O–H groups in total. The number of esters is 3. The second-order valence-electron chi connectivity index (χ2n) is 13.1. The second-order valence-corrected chi connectivity index (χ2v) is 13.1. The van der Waals surface area contributed by atoms with Crippen molar-refractivity contribution in [1.29, 1.82) is 0 Å². The van der Waals surface area contributed by atoms with Crippen molar-refractivity contribution in [2.75, 3.05) is 0 Å². The molecule has 5 saturated carbocycles. The highest BCUT2D eigenvalue weighted by Crippen LogP contribution is 2.66. The lowest BCUT2D eigenvalue weighted by atomic mass is 9.66. The summed E-state index contributed by atoms with van der Waals surface area (Å²) in [6.45, 7) is 12.7. The van der Waals surface area contributed by atoms with Crippen LogP contribution in [0.2, 0.25) is 0 Å². The molecule has 0 radical (unpaired) electrons. The summed E-state index contributed by atoms with van der Waals surface area (Å²) in [4.78, 5) is 34.6. The van der Waals surface area contributed by atoms with Crippen molar-refractivity contribution in [2.45, 2.75) is 98.5 Å². The van der Waals surface area contributed by atoms with Crippen LogP contribution in [0.25, 0.3) is 0 Å². The first-order chi connectivity index (χ1) is 16.0. The maximum absolute atomic E-state index is 13.5. The van der Waals surface area contributed by atoms with Crippen LogP contribution in [0, 0.1) is 64.6 Å². The van der Waals surface area contributed by atoms with Gasteiger partial charge < -0.3 is 9.47 Å². The Labute approximate surface area is 205 Å². The Morgan fingerprint density at radius 3 is 2.06 bits per heavy atom. The van der Waals surface area contributed by atoms with Crippen LogP contribution in [0.4, 0.5) is 0 Å². The molecule has 0 aromatic carbocycles. The molecule has 0 aromatic heterocycles. The number of fused-ring (bicyclic) bond motifs is 7. The minimum atomic E-state index is -0.396. The van der Waals surface area contributed by atoms with E-state index in [0.29, 0.717) is 17.8 Å². The highest BCUT2D eigenvalue weighted by molar-refractivity contribution is 5.95. The van der Waals surface area contributed by atoms with Crippen LogP contribution in [0.3, 0.4) is 0 Å². The molecule has 1 heterocycles. The SMILES string of the molecule is CC1C(=O)OC(=O)C1C.CCC1(OC(=O)C2(C)CC3CC2C(C)C3C)CC2CC1C1CCCC21. The number of cyclic esters (lactones) is 2. The molecule has 5 nitrogen and oxygen atoms in total. The van der Waals surface area contributed by atoms with Crippen molar-refractivity contribution < 1.29 is 23.9 Å². The predicted molar refractivity (Wildman–Crippen MR) is 128 cm³/mol. The highest BCUT2D eigenvalue weighted by Gasteiger charge is 2.65. The molecule has 6 fully saturated rings. The molecule has 4 bridgehead atoms. The molecule has 5 heteroatoms. The zero-order valence-electron chi connectivity index (χ0n) is 22.0. The number of ether oxygens (including phenoxy) is 2. The van der Waals surface area contributed by atoms with Gasteiger partial charge in [0.15, 0.2) is 0 Å². The van der Waals surface area contributed by atoms with Crippen LogP contribution in [0.5, 0.6) is 0 Å². The van der Waals surface area contributed by atoms with E-state index in [4.69, 9.17) is 4.74 Å². The fourth-order valence-corrected chi connectivity index (χ4v) is 9.39. The number of hydrogen-bond donors (Lipinski definition) is 0. The third-order valence-electron chi connectivity index (χ3n) is 11.9. The lowest BCUT2D eigenvalue weighted by Gasteiger charge is -2.45. The van der Waals surface area contributed by atoms with E-state index in [1.165, 1.54) is 32.1 Å². The van der Waals surface area contributed by atoms with Gasteiger partial charge in [0.1, 0.15) is 5.60 Å². The average molecular weight is 473 g/mol. The molecule has 12 unspecified atom stereocenters. The van der Waals surface area contributed by atoms with E-state index in [9.17, 15) is 14.4 Å². The van der Waals surface area contributed by atoms with E-state index in [-0.39, 0.29) is 28.8 Å². The highest BCUT2D eigenvalue weighted by atomic mass is 16.6. The number of hydrogen-bond acceptors (Lipinski definition) is 5. The molecule has 0 spiro atoms. The van der Waals surface area contributed by atoms with Crippen molar-refractivity contribution in [3.8, 4) is 0 Å². The van der Waals surface area contributed by atoms with Gasteiger partial charge in [-0.2, -0.15) is 0 Å². The first kappa shape index (κ1) is 24.3. The van der Waals surface area contributed by atoms with E-state index >= 15 is 0 Å². The average Bonchev–Trinajstić information content (AvgIpc) is 3.62. The fourth-order valence-electron chi connectivity index (χ4n) is 9.39. The predicted octanol–water partition coefficient (Wildman–Crippen LogP) is 5.79. The van der Waals surface area contributed by atoms with Crippen LogP contribution in [-0.2, 0) is 23.9 Å². The van der Waals surface area contributed by atoms with Crippen molar-refractivity contribution in [2.24, 2.45) is 64.6 Å². The Hall–Kier alpha value is -1.39. The standard InChI is InChI=1S/C23H36O2.C6H8O3/c1-5-23(12-16-10-20(23)18-8-6-7-17(16)18)25-21(24)22(4)11-15-9-19(22)14(3)13(15)2;1-3-4(2)6(8)9-5(3)7/h13-20H,5-12H2,1-4H3;3-4H,1-2H3. The number of rotatable bonds is 3. The largest absolute Gasteiger partial charge is 0.458 e. The van der Waals surface area contributed by atoms with Crippen molar-refractivity contribution in [3.05, 3.63) is 0 Å². The monoisotopic (exact) mass is 472 g/mol. The van der Waals surface area contributed by atoms with Crippen LogP contribution in [0.15, 0.2) is 0 Å². The van der Waals surface area contributed by atoms with Crippen LogP contribution in [0.1, 0.15) is 92.9 Å². The summed E-state index contributed by atoms with van der Waals surface area (Å²) in [5.74, 6) is 4.95. The van der Waals surface area contributed by atoms with Crippen molar-refractivity contribution >= 4 is 17.9 Å². The van der Waals surface area contributed by atoms with Crippen LogP contribution >= 0.6 is 0 Å². The first-order valence-corrected chi connectivity index (χ1v) is 14.0. The van der Waals surface area contributed by atoms with E-state index in [0.717, 1.165) is 48.9 Å². The summed E-state index contributed by atoms with van der Waals surface area (Å²) in [7, 11) is 0. The molecule has 34 heavy (non-hydrogen) atoms. The molecule has 12 atom stereocenters. The second kappa shape index (κ2) is 8.34. The van der Waals surface area contributed by atoms with Gasteiger partial charge in [0.25, 0.3) is 0 Å². The van der Waals surface area contributed by atoms with Gasteiger partial charge in [-0.3, -0.25) is 14.4 Å². The molecule has 190 valence electrons. The molecule has 6 rings (SSSR count). The molecule has 5 aliphatic carbocycles. The van der Waals surface area contributed by atoms with Gasteiger partial charge in [-0.15, -0.1) is 0 Å². The minimum absolute atomic E-state index is 0.118. The van der Waals surface area contributed by atoms with Gasteiger partial charge in [0.05, 0.1) is 17.3 Å². The molecule has 0 amide bonds. The fraction of sp³-hybridized carbons (Fsp3) is 0.897. The van der Waals surface area contributed by atoms with Crippen LogP contribution < -0.4 is 0 Å². The van der Waals surface area contributed by atoms with E-state index in [1.807, 2.05) is 0 Å². The quantitative estimate of drug-likeness (QED) is 0.384. The number of carbonyl (C=O) groups excluding carboxylic acids is 3. The van der Waals surface area contributed by atoms with Gasteiger partial charge in [0, 0.05) is 5.92 Å². The maximum Gasteiger partial charge on any atom is 0.317 e. The summed E-state index contributed by atoms with van der Waals surface area (Å²) in [6.07, 6.45) is 10.1. The molecular formula is C29H44O5. The zero-order valence-corrected chi connectivity index (χ0v) is 22.0. The number of carbonyl (C=O) groups is 3. The Morgan fingerprint density at radius 2 is 1.53 bits per heavy atom. The summed E-state index contributed by atoms with van der Waals surface area (Å²) in [6, 6.07) is 0. The lowest BCUT2D eigenvalue weighted by Crippen LogP contribution is -2.49. The summed E-state index contributed by atoms with van der Waals surface area (Å²) in [5, 5.41) is 0. The smallest absolute Gasteiger partial charge is 0.317 e. The molecule has 1 aliphatic heterocycles. The summed E-state index contributed by atoms with van der Waals surface area (Å²) < 4.78 is 10.9. The van der Waals surface area contributed by atoms with Crippen molar-refractivity contribution in [3.63, 3.8) is 0 Å². The Balaban J connectivity index is 0.000000227. The van der Waals surface area contributed by atoms with Gasteiger partial charge in [0.2, 0.25) is 0 Å². The van der Waals surface area contributed by atoms with Gasteiger partial charge in [-0.1, -0.05) is 41.0 Å². The summed E-state index contributed by atoms with van der Waals surface area (Å²) in [5.41, 5.74) is -0.331. The zero-order chi connectivity index (χ0) is 24.6.